The second-order valence-electron chi connectivity index (χ2n) is 12.6. The lowest BCUT2D eigenvalue weighted by Gasteiger charge is -2.59. The summed E-state index contributed by atoms with van der Waals surface area (Å²) in [4.78, 5) is 23.3. The first-order valence-electron chi connectivity index (χ1n) is 13.8. The monoisotopic (exact) mass is 520 g/mol. The second kappa shape index (κ2) is 8.49. The molecular formula is C28H40O9. The SMILES string of the molecule is COC(=O)CC(OC(C)C(=O)O)O[C@H]1CC[C@@]2(C)C(=CC[C@@H]3[C@@H]2CC[C@]2(C)[C@@H]4[C@H]5CO[C@]4(C)O[C@@]32O5)C1. The van der Waals surface area contributed by atoms with Gasteiger partial charge in [-0.05, 0) is 63.7 Å². The summed E-state index contributed by atoms with van der Waals surface area (Å²) in [5.74, 6) is -1.74. The Hall–Kier alpha value is -1.52. The van der Waals surface area contributed by atoms with Crippen molar-refractivity contribution in [3.05, 3.63) is 11.6 Å². The lowest BCUT2D eigenvalue weighted by molar-refractivity contribution is -0.358. The van der Waals surface area contributed by atoms with Crippen molar-refractivity contribution in [2.75, 3.05) is 13.7 Å². The van der Waals surface area contributed by atoms with E-state index in [1.807, 2.05) is 0 Å². The normalized spacial score (nSPS) is 48.9. The van der Waals surface area contributed by atoms with Gasteiger partial charge in [0.2, 0.25) is 0 Å². The molecule has 2 bridgehead atoms. The van der Waals surface area contributed by atoms with E-state index in [9.17, 15) is 14.7 Å². The van der Waals surface area contributed by atoms with Crippen molar-refractivity contribution in [2.45, 2.75) is 109 Å². The van der Waals surface area contributed by atoms with E-state index in [1.165, 1.54) is 19.6 Å². The van der Waals surface area contributed by atoms with Crippen molar-refractivity contribution < 1.29 is 43.1 Å². The highest BCUT2D eigenvalue weighted by Gasteiger charge is 2.83. The fraction of sp³-hybridized carbons (Fsp3) is 0.857. The van der Waals surface area contributed by atoms with Crippen molar-refractivity contribution in [3.63, 3.8) is 0 Å². The number of ether oxygens (including phenoxy) is 6. The Balaban J connectivity index is 1.21. The summed E-state index contributed by atoms with van der Waals surface area (Å²) in [6, 6.07) is 0. The standard InChI is InChI=1S/C28H40O9/c1-15(24(30)31)34-22(13-21(29)32-5)35-17-8-10-25(2)16(12-17)6-7-19-18(25)9-11-26(3)23-20-14-33-27(23,4)37-28(19,26)36-20/h6,15,17-20,22-23H,7-14H2,1-5H3,(H,30,31)/t15?,17-,18-,19+,20+,22?,23-,25-,26+,27+,28-/m0/s1. The summed E-state index contributed by atoms with van der Waals surface area (Å²) >= 11 is 0. The van der Waals surface area contributed by atoms with Crippen molar-refractivity contribution in [3.8, 4) is 0 Å². The van der Waals surface area contributed by atoms with Crippen LogP contribution in [-0.4, -0.2) is 66.9 Å². The minimum Gasteiger partial charge on any atom is -0.479 e. The summed E-state index contributed by atoms with van der Waals surface area (Å²) in [7, 11) is 1.30. The lowest BCUT2D eigenvalue weighted by Crippen LogP contribution is -2.60. The van der Waals surface area contributed by atoms with Gasteiger partial charge in [-0.1, -0.05) is 25.5 Å². The lowest BCUT2D eigenvalue weighted by atomic mass is 9.48. The molecule has 0 aromatic heterocycles. The van der Waals surface area contributed by atoms with Crippen molar-refractivity contribution >= 4 is 11.9 Å². The van der Waals surface area contributed by atoms with Gasteiger partial charge in [0.25, 0.3) is 0 Å². The van der Waals surface area contributed by atoms with Crippen LogP contribution >= 0.6 is 0 Å². The molecule has 6 rings (SSSR count). The third-order valence-corrected chi connectivity index (χ3v) is 10.8. The number of carboxylic acids is 1. The van der Waals surface area contributed by atoms with Gasteiger partial charge in [-0.3, -0.25) is 4.79 Å². The molecule has 0 aromatic rings. The third-order valence-electron chi connectivity index (χ3n) is 10.8. The first-order valence-corrected chi connectivity index (χ1v) is 13.8. The highest BCUT2D eigenvalue weighted by Crippen LogP contribution is 2.76. The van der Waals surface area contributed by atoms with Crippen LogP contribution in [0.15, 0.2) is 11.6 Å². The summed E-state index contributed by atoms with van der Waals surface area (Å²) in [6.07, 6.45) is 5.71. The van der Waals surface area contributed by atoms with E-state index in [0.717, 1.165) is 38.5 Å². The molecule has 1 N–H and O–H groups in total. The van der Waals surface area contributed by atoms with Crippen LogP contribution in [-0.2, 0) is 38.0 Å². The second-order valence-corrected chi connectivity index (χ2v) is 12.6. The number of rotatable bonds is 7. The Bertz CT molecular complexity index is 1010. The zero-order valence-corrected chi connectivity index (χ0v) is 22.5. The van der Waals surface area contributed by atoms with Crippen LogP contribution < -0.4 is 0 Å². The summed E-state index contributed by atoms with van der Waals surface area (Å²) in [6.45, 7) is 8.90. The van der Waals surface area contributed by atoms with Crippen LogP contribution in [0.3, 0.4) is 0 Å². The molecular weight excluding hydrogens is 480 g/mol. The van der Waals surface area contributed by atoms with Gasteiger partial charge < -0.3 is 33.5 Å². The van der Waals surface area contributed by atoms with E-state index >= 15 is 0 Å². The fourth-order valence-electron chi connectivity index (χ4n) is 9.07. The summed E-state index contributed by atoms with van der Waals surface area (Å²) in [5, 5.41) is 9.27. The van der Waals surface area contributed by atoms with Gasteiger partial charge in [0.05, 0.1) is 38.3 Å². The molecule has 37 heavy (non-hydrogen) atoms. The molecule has 2 saturated carbocycles. The van der Waals surface area contributed by atoms with Crippen molar-refractivity contribution in [2.24, 2.45) is 28.6 Å². The molecule has 3 heterocycles. The molecule has 6 aliphatic rings. The van der Waals surface area contributed by atoms with Gasteiger partial charge in [-0.15, -0.1) is 0 Å². The largest absolute Gasteiger partial charge is 0.479 e. The number of methoxy groups -OCH3 is 1. The van der Waals surface area contributed by atoms with Gasteiger partial charge in [0, 0.05) is 11.3 Å². The van der Waals surface area contributed by atoms with Gasteiger partial charge in [-0.25, -0.2) is 4.79 Å². The van der Waals surface area contributed by atoms with Gasteiger partial charge in [0.1, 0.15) is 0 Å². The Labute approximate surface area is 218 Å². The van der Waals surface area contributed by atoms with E-state index in [2.05, 4.69) is 26.8 Å². The van der Waals surface area contributed by atoms with Crippen LogP contribution in [0.1, 0.15) is 72.6 Å². The van der Waals surface area contributed by atoms with E-state index in [4.69, 9.17) is 28.4 Å². The maximum atomic E-state index is 11.9. The quantitative estimate of drug-likeness (QED) is 0.305. The maximum absolute atomic E-state index is 11.9. The van der Waals surface area contributed by atoms with E-state index in [1.54, 1.807) is 0 Å². The Kier molecular flexibility index (Phi) is 5.91. The summed E-state index contributed by atoms with van der Waals surface area (Å²) < 4.78 is 36.3. The fourth-order valence-corrected chi connectivity index (χ4v) is 9.07. The molecule has 9 nitrogen and oxygen atoms in total. The van der Waals surface area contributed by atoms with Crippen LogP contribution in [0.2, 0.25) is 0 Å². The number of esters is 1. The number of carbonyl (C=O) groups is 2. The minimum absolute atomic E-state index is 0.0140. The first-order chi connectivity index (χ1) is 17.5. The van der Waals surface area contributed by atoms with Gasteiger partial charge >= 0.3 is 11.9 Å². The molecule has 5 fully saturated rings. The van der Waals surface area contributed by atoms with Crippen LogP contribution in [0, 0.1) is 28.6 Å². The van der Waals surface area contributed by atoms with Crippen molar-refractivity contribution in [1.29, 1.82) is 0 Å². The number of hydrogen-bond donors (Lipinski definition) is 1. The average molecular weight is 521 g/mol. The Morgan fingerprint density at radius 2 is 1.97 bits per heavy atom. The Morgan fingerprint density at radius 3 is 2.68 bits per heavy atom. The molecule has 3 aliphatic heterocycles. The molecule has 9 heteroatoms. The molecule has 0 aromatic carbocycles. The Morgan fingerprint density at radius 1 is 1.19 bits per heavy atom. The molecule has 0 amide bonds. The molecule has 0 radical (unpaired) electrons. The number of aliphatic carboxylic acids is 1. The highest BCUT2D eigenvalue weighted by atomic mass is 16.8. The predicted octanol–water partition coefficient (Wildman–Crippen LogP) is 3.79. The number of carbonyl (C=O) groups excluding carboxylic acids is 1. The van der Waals surface area contributed by atoms with Gasteiger partial charge in [-0.2, -0.15) is 0 Å². The van der Waals surface area contributed by atoms with E-state index < -0.39 is 35.9 Å². The number of carboxylic acid groups (broad SMARTS) is 1. The number of hydrogen-bond acceptors (Lipinski definition) is 8. The third kappa shape index (κ3) is 3.53. The van der Waals surface area contributed by atoms with Crippen molar-refractivity contribution in [1.82, 2.24) is 0 Å². The molecule has 2 unspecified atom stereocenters. The van der Waals surface area contributed by atoms with Gasteiger partial charge in [0.15, 0.2) is 24.0 Å². The van der Waals surface area contributed by atoms with Crippen LogP contribution in [0.25, 0.3) is 0 Å². The highest BCUT2D eigenvalue weighted by molar-refractivity contribution is 5.72. The maximum Gasteiger partial charge on any atom is 0.332 e. The minimum atomic E-state index is -1.10. The molecule has 3 aliphatic carbocycles. The number of fused-ring (bicyclic) bond motifs is 3. The smallest absolute Gasteiger partial charge is 0.332 e. The zero-order chi connectivity index (χ0) is 26.4. The van der Waals surface area contributed by atoms with E-state index in [0.29, 0.717) is 12.5 Å². The molecule has 0 spiro atoms. The predicted molar refractivity (Wildman–Crippen MR) is 129 cm³/mol. The number of allylic oxidation sites excluding steroid dienone is 1. The van der Waals surface area contributed by atoms with Crippen LogP contribution in [0.5, 0.6) is 0 Å². The van der Waals surface area contributed by atoms with E-state index in [-0.39, 0.29) is 41.3 Å². The topological polar surface area (TPSA) is 110 Å². The zero-order valence-electron chi connectivity index (χ0n) is 22.5. The first kappa shape index (κ1) is 25.7. The van der Waals surface area contributed by atoms with Crippen LogP contribution in [0.4, 0.5) is 0 Å². The molecule has 11 atom stereocenters. The molecule has 206 valence electrons. The summed E-state index contributed by atoms with van der Waals surface area (Å²) in [5.41, 5.74) is 1.36. The average Bonchev–Trinajstić information content (AvgIpc) is 3.33. The molecule has 3 saturated heterocycles.